The Kier molecular flexibility index (Phi) is 5.82. The first kappa shape index (κ1) is 21.1. The largest absolute Gasteiger partial charge is 0.457 e. The molecule has 0 saturated heterocycles. The molecule has 0 saturated carbocycles. The molecule has 0 spiro atoms. The highest BCUT2D eigenvalue weighted by Gasteiger charge is 2.17. The lowest BCUT2D eigenvalue weighted by Gasteiger charge is -2.16. The van der Waals surface area contributed by atoms with Crippen LogP contribution in [0.25, 0.3) is 22.4 Å². The van der Waals surface area contributed by atoms with E-state index < -0.39 is 0 Å². The van der Waals surface area contributed by atoms with Crippen LogP contribution < -0.4 is 20.9 Å². The summed E-state index contributed by atoms with van der Waals surface area (Å²) in [5.41, 5.74) is 16.5. The number of nitrogen functional groups attached to an aromatic ring is 2. The molecule has 0 atom stereocenters. The van der Waals surface area contributed by atoms with Gasteiger partial charge in [0.2, 0.25) is 0 Å². The summed E-state index contributed by atoms with van der Waals surface area (Å²) in [5, 5.41) is 0. The van der Waals surface area contributed by atoms with Gasteiger partial charge >= 0.3 is 0 Å². The van der Waals surface area contributed by atoms with Crippen LogP contribution in [0.4, 0.5) is 11.4 Å². The molecule has 0 radical (unpaired) electrons. The fourth-order valence-corrected chi connectivity index (χ4v) is 3.69. The zero-order valence-corrected chi connectivity index (χ0v) is 18.4. The van der Waals surface area contributed by atoms with E-state index in [0.717, 1.165) is 28.1 Å². The molecule has 5 heteroatoms. The fourth-order valence-electron chi connectivity index (χ4n) is 3.69. The van der Waals surface area contributed by atoms with E-state index in [1.54, 1.807) is 6.20 Å². The van der Waals surface area contributed by atoms with Crippen molar-refractivity contribution in [2.24, 2.45) is 0 Å². The van der Waals surface area contributed by atoms with Crippen LogP contribution in [0.1, 0.15) is 0 Å². The van der Waals surface area contributed by atoms with Gasteiger partial charge in [0.25, 0.3) is 0 Å². The monoisotopic (exact) mass is 445 g/mol. The number of rotatable bonds is 6. The van der Waals surface area contributed by atoms with Crippen molar-refractivity contribution < 1.29 is 9.47 Å². The standard InChI is InChI=1S/C29H23N3O2/c30-20-11-15-22(16-12-20)33-27-9-3-1-6-24(27)25-8-5-19-32-29(25)26-7-2-4-10-28(26)34-23-17-13-21(31)14-18-23/h1-19H,30-31H2. The van der Waals surface area contributed by atoms with Gasteiger partial charge in [-0.15, -0.1) is 0 Å². The summed E-state index contributed by atoms with van der Waals surface area (Å²) in [4.78, 5) is 4.73. The van der Waals surface area contributed by atoms with Crippen molar-refractivity contribution in [1.29, 1.82) is 0 Å². The van der Waals surface area contributed by atoms with Gasteiger partial charge < -0.3 is 20.9 Å². The molecule has 5 nitrogen and oxygen atoms in total. The molecule has 0 aliphatic carbocycles. The molecule has 0 unspecified atom stereocenters. The van der Waals surface area contributed by atoms with Gasteiger partial charge in [0.05, 0.1) is 5.69 Å². The van der Waals surface area contributed by atoms with Gasteiger partial charge in [-0.3, -0.25) is 4.98 Å². The van der Waals surface area contributed by atoms with Crippen LogP contribution in [0.5, 0.6) is 23.0 Å². The first-order chi connectivity index (χ1) is 16.7. The Morgan fingerprint density at radius 3 is 1.53 bits per heavy atom. The molecule has 5 rings (SSSR count). The number of aromatic nitrogens is 1. The fraction of sp³-hybridized carbons (Fsp3) is 0. The number of pyridine rings is 1. The minimum absolute atomic E-state index is 0.686. The molecule has 0 amide bonds. The highest BCUT2D eigenvalue weighted by atomic mass is 16.5. The smallest absolute Gasteiger partial charge is 0.136 e. The summed E-state index contributed by atoms with van der Waals surface area (Å²) in [6, 6.07) is 34.4. The molecule has 4 aromatic carbocycles. The van der Waals surface area contributed by atoms with Crippen LogP contribution in [0, 0.1) is 0 Å². The molecule has 4 N–H and O–H groups in total. The maximum absolute atomic E-state index is 6.22. The molecular weight excluding hydrogens is 422 g/mol. The Bertz CT molecular complexity index is 1300. The van der Waals surface area contributed by atoms with E-state index in [9.17, 15) is 0 Å². The van der Waals surface area contributed by atoms with Gasteiger partial charge in [-0.25, -0.2) is 0 Å². The van der Waals surface area contributed by atoms with Crippen LogP contribution in [-0.4, -0.2) is 4.98 Å². The van der Waals surface area contributed by atoms with E-state index >= 15 is 0 Å². The molecule has 5 aromatic rings. The second-order valence-electron chi connectivity index (χ2n) is 7.73. The normalized spacial score (nSPS) is 10.6. The SMILES string of the molecule is Nc1ccc(Oc2ccccc2-c2cccnc2-c2ccccc2Oc2ccc(N)cc2)cc1. The van der Waals surface area contributed by atoms with Gasteiger partial charge in [0.15, 0.2) is 0 Å². The van der Waals surface area contributed by atoms with Crippen molar-refractivity contribution in [2.45, 2.75) is 0 Å². The van der Waals surface area contributed by atoms with Crippen LogP contribution in [0.15, 0.2) is 115 Å². The lowest BCUT2D eigenvalue weighted by Crippen LogP contribution is -1.95. The van der Waals surface area contributed by atoms with Crippen LogP contribution in [0.2, 0.25) is 0 Å². The molecule has 1 heterocycles. The predicted octanol–water partition coefficient (Wildman–Crippen LogP) is 7.16. The third-order valence-corrected chi connectivity index (χ3v) is 5.34. The summed E-state index contributed by atoms with van der Waals surface area (Å²) in [5.74, 6) is 2.83. The molecule has 0 fully saturated rings. The second kappa shape index (κ2) is 9.38. The molecule has 166 valence electrons. The van der Waals surface area contributed by atoms with Crippen LogP contribution in [-0.2, 0) is 0 Å². The Hall–Kier alpha value is -4.77. The van der Waals surface area contributed by atoms with Gasteiger partial charge in [-0.05, 0) is 72.8 Å². The van der Waals surface area contributed by atoms with E-state index in [2.05, 4.69) is 0 Å². The van der Waals surface area contributed by atoms with E-state index in [4.69, 9.17) is 25.9 Å². The van der Waals surface area contributed by atoms with E-state index in [0.29, 0.717) is 28.6 Å². The average Bonchev–Trinajstić information content (AvgIpc) is 2.88. The van der Waals surface area contributed by atoms with Gasteiger partial charge in [-0.1, -0.05) is 36.4 Å². The summed E-state index contributed by atoms with van der Waals surface area (Å²) in [6.07, 6.45) is 1.78. The number of hydrogen-bond acceptors (Lipinski definition) is 5. The highest BCUT2D eigenvalue weighted by Crippen LogP contribution is 2.41. The first-order valence-corrected chi connectivity index (χ1v) is 10.9. The van der Waals surface area contributed by atoms with Gasteiger partial charge in [0, 0.05) is 34.3 Å². The minimum Gasteiger partial charge on any atom is -0.457 e. The summed E-state index contributed by atoms with van der Waals surface area (Å²) >= 11 is 0. The van der Waals surface area contributed by atoms with Crippen molar-refractivity contribution >= 4 is 11.4 Å². The maximum atomic E-state index is 6.22. The Morgan fingerprint density at radius 2 is 0.941 bits per heavy atom. The zero-order chi connectivity index (χ0) is 23.3. The first-order valence-electron chi connectivity index (χ1n) is 10.9. The molecule has 34 heavy (non-hydrogen) atoms. The van der Waals surface area contributed by atoms with Gasteiger partial charge in [0.1, 0.15) is 23.0 Å². The number of benzene rings is 4. The topological polar surface area (TPSA) is 83.4 Å². The van der Waals surface area contributed by atoms with Crippen molar-refractivity contribution in [3.8, 4) is 45.4 Å². The quantitative estimate of drug-likeness (QED) is 0.271. The Balaban J connectivity index is 1.56. The Labute approximate surface area is 198 Å². The predicted molar refractivity (Wildman–Crippen MR) is 137 cm³/mol. The summed E-state index contributed by atoms with van der Waals surface area (Å²) < 4.78 is 12.4. The van der Waals surface area contributed by atoms with Gasteiger partial charge in [-0.2, -0.15) is 0 Å². The lowest BCUT2D eigenvalue weighted by atomic mass is 9.98. The molecule has 0 aliphatic heterocycles. The zero-order valence-electron chi connectivity index (χ0n) is 18.4. The van der Waals surface area contributed by atoms with Crippen LogP contribution >= 0.6 is 0 Å². The van der Waals surface area contributed by atoms with E-state index in [1.165, 1.54) is 0 Å². The molecular formula is C29H23N3O2. The third kappa shape index (κ3) is 4.54. The van der Waals surface area contributed by atoms with Crippen molar-refractivity contribution in [3.05, 3.63) is 115 Å². The number of para-hydroxylation sites is 2. The number of nitrogens with zero attached hydrogens (tertiary/aromatic N) is 1. The number of ether oxygens (including phenoxy) is 2. The molecule has 1 aromatic heterocycles. The van der Waals surface area contributed by atoms with E-state index in [-0.39, 0.29) is 0 Å². The number of hydrogen-bond donors (Lipinski definition) is 2. The van der Waals surface area contributed by atoms with Crippen molar-refractivity contribution in [1.82, 2.24) is 4.98 Å². The van der Waals surface area contributed by atoms with Crippen molar-refractivity contribution in [2.75, 3.05) is 11.5 Å². The molecule has 0 aliphatic rings. The highest BCUT2D eigenvalue weighted by molar-refractivity contribution is 5.86. The van der Waals surface area contributed by atoms with Crippen molar-refractivity contribution in [3.63, 3.8) is 0 Å². The maximum Gasteiger partial charge on any atom is 0.136 e. The van der Waals surface area contributed by atoms with Crippen LogP contribution in [0.3, 0.4) is 0 Å². The average molecular weight is 446 g/mol. The Morgan fingerprint density at radius 1 is 0.471 bits per heavy atom. The lowest BCUT2D eigenvalue weighted by molar-refractivity contribution is 0.483. The third-order valence-electron chi connectivity index (χ3n) is 5.34. The summed E-state index contributed by atoms with van der Waals surface area (Å²) in [7, 11) is 0. The van der Waals surface area contributed by atoms with E-state index in [1.807, 2.05) is 109 Å². The number of nitrogens with two attached hydrogens (primary N) is 2. The summed E-state index contributed by atoms with van der Waals surface area (Å²) in [6.45, 7) is 0. The second-order valence-corrected chi connectivity index (χ2v) is 7.73. The minimum atomic E-state index is 0.686. The molecule has 0 bridgehead atoms. The number of anilines is 2.